The molecule has 112 valence electrons. The molecule has 0 aromatic carbocycles. The number of aryl methyl sites for hydroxylation is 2. The number of aromatic nitrogens is 4. The summed E-state index contributed by atoms with van der Waals surface area (Å²) in [5.74, 6) is 0.0872. The molecule has 0 aliphatic carbocycles. The van der Waals surface area contributed by atoms with E-state index >= 15 is 0 Å². The second-order valence-electron chi connectivity index (χ2n) is 4.89. The maximum absolute atomic E-state index is 12.3. The number of hydrogen-bond donors (Lipinski definition) is 1. The predicted molar refractivity (Wildman–Crippen MR) is 82.0 cm³/mol. The van der Waals surface area contributed by atoms with E-state index in [1.807, 2.05) is 14.0 Å². The van der Waals surface area contributed by atoms with Crippen LogP contribution in [0.1, 0.15) is 16.1 Å². The summed E-state index contributed by atoms with van der Waals surface area (Å²) < 4.78 is 6.97. The molecule has 0 aliphatic rings. The molecule has 3 heterocycles. The lowest BCUT2D eigenvalue weighted by Crippen LogP contribution is -2.13. The fraction of sp³-hybridized carbons (Fsp3) is 0.200. The van der Waals surface area contributed by atoms with Gasteiger partial charge in [-0.1, -0.05) is 0 Å². The molecular weight excluding hydrogens is 282 g/mol. The van der Waals surface area contributed by atoms with E-state index in [4.69, 9.17) is 4.74 Å². The van der Waals surface area contributed by atoms with Gasteiger partial charge in [0.1, 0.15) is 11.2 Å². The number of fused-ring (bicyclic) bond motifs is 1. The molecular formula is C15H15N5O2. The zero-order chi connectivity index (χ0) is 15.7. The van der Waals surface area contributed by atoms with E-state index < -0.39 is 0 Å². The van der Waals surface area contributed by atoms with Gasteiger partial charge in [0.05, 0.1) is 19.0 Å². The molecule has 0 saturated carbocycles. The van der Waals surface area contributed by atoms with E-state index in [-0.39, 0.29) is 5.91 Å². The highest BCUT2D eigenvalue weighted by atomic mass is 16.5. The Hall–Kier alpha value is -2.96. The van der Waals surface area contributed by atoms with Gasteiger partial charge < -0.3 is 14.6 Å². The minimum Gasteiger partial charge on any atom is -0.480 e. The highest BCUT2D eigenvalue weighted by Gasteiger charge is 2.13. The second kappa shape index (κ2) is 5.44. The molecule has 0 unspecified atom stereocenters. The maximum atomic E-state index is 12.3. The minimum absolute atomic E-state index is 0.288. The lowest BCUT2D eigenvalue weighted by molar-refractivity contribution is 0.102. The highest BCUT2D eigenvalue weighted by molar-refractivity contribution is 6.05. The Balaban J connectivity index is 1.90. The fourth-order valence-corrected chi connectivity index (χ4v) is 2.12. The first-order valence-electron chi connectivity index (χ1n) is 6.68. The summed E-state index contributed by atoms with van der Waals surface area (Å²) in [6, 6.07) is 5.26. The van der Waals surface area contributed by atoms with Gasteiger partial charge in [-0.25, -0.2) is 15.0 Å². The van der Waals surface area contributed by atoms with Crippen molar-refractivity contribution in [1.29, 1.82) is 0 Å². The number of amides is 1. The molecule has 0 spiro atoms. The summed E-state index contributed by atoms with van der Waals surface area (Å²) in [7, 11) is 3.36. The molecule has 0 radical (unpaired) electrons. The third kappa shape index (κ3) is 2.48. The molecule has 7 nitrogen and oxygen atoms in total. The van der Waals surface area contributed by atoms with Crippen molar-refractivity contribution in [2.24, 2.45) is 7.05 Å². The monoisotopic (exact) mass is 297 g/mol. The largest absolute Gasteiger partial charge is 0.480 e. The van der Waals surface area contributed by atoms with Crippen molar-refractivity contribution < 1.29 is 9.53 Å². The highest BCUT2D eigenvalue weighted by Crippen LogP contribution is 2.22. The van der Waals surface area contributed by atoms with Crippen LogP contribution in [0.25, 0.3) is 11.2 Å². The van der Waals surface area contributed by atoms with Crippen molar-refractivity contribution in [2.45, 2.75) is 6.92 Å². The number of pyridine rings is 2. The summed E-state index contributed by atoms with van der Waals surface area (Å²) in [5, 5.41) is 2.78. The van der Waals surface area contributed by atoms with Crippen molar-refractivity contribution in [3.8, 4) is 5.88 Å². The van der Waals surface area contributed by atoms with Crippen LogP contribution >= 0.6 is 0 Å². The van der Waals surface area contributed by atoms with Gasteiger partial charge in [0.2, 0.25) is 5.88 Å². The molecule has 0 aliphatic heterocycles. The van der Waals surface area contributed by atoms with Crippen LogP contribution in [0, 0.1) is 6.92 Å². The molecule has 3 rings (SSSR count). The Morgan fingerprint density at radius 2 is 2.14 bits per heavy atom. The first kappa shape index (κ1) is 14.0. The van der Waals surface area contributed by atoms with E-state index in [0.717, 1.165) is 11.3 Å². The van der Waals surface area contributed by atoms with Gasteiger partial charge in [0.25, 0.3) is 5.91 Å². The Bertz CT molecular complexity index is 856. The molecule has 22 heavy (non-hydrogen) atoms. The number of carbonyl (C=O) groups is 1. The summed E-state index contributed by atoms with van der Waals surface area (Å²) in [6.07, 6.45) is 3.18. The SMILES string of the molecule is COc1nc(C)ccc1NC(=O)c1cnc2c(c1)ncn2C. The molecule has 0 saturated heterocycles. The first-order chi connectivity index (χ1) is 10.6. The van der Waals surface area contributed by atoms with Gasteiger partial charge in [0, 0.05) is 18.9 Å². The van der Waals surface area contributed by atoms with Crippen LogP contribution in [0.3, 0.4) is 0 Å². The summed E-state index contributed by atoms with van der Waals surface area (Å²) in [5.41, 5.74) is 3.15. The second-order valence-corrected chi connectivity index (χ2v) is 4.89. The Morgan fingerprint density at radius 3 is 2.91 bits per heavy atom. The standard InChI is InChI=1S/C15H15N5O2/c1-9-4-5-11(15(18-9)22-3)19-14(21)10-6-12-13(16-7-10)20(2)8-17-12/h4-8H,1-3H3,(H,19,21). The van der Waals surface area contributed by atoms with Crippen molar-refractivity contribution in [3.63, 3.8) is 0 Å². The topological polar surface area (TPSA) is 81.9 Å². The number of imidazole rings is 1. The van der Waals surface area contributed by atoms with Crippen LogP contribution in [0.5, 0.6) is 5.88 Å². The number of methoxy groups -OCH3 is 1. The minimum atomic E-state index is -0.288. The molecule has 3 aromatic rings. The van der Waals surface area contributed by atoms with Crippen LogP contribution in [0.2, 0.25) is 0 Å². The molecule has 1 amide bonds. The number of carbonyl (C=O) groups excluding carboxylic acids is 1. The molecule has 1 N–H and O–H groups in total. The van der Waals surface area contributed by atoms with E-state index in [0.29, 0.717) is 22.6 Å². The van der Waals surface area contributed by atoms with Crippen molar-refractivity contribution in [3.05, 3.63) is 42.0 Å². The van der Waals surface area contributed by atoms with E-state index in [2.05, 4.69) is 20.3 Å². The van der Waals surface area contributed by atoms with Gasteiger partial charge in [-0.2, -0.15) is 0 Å². The molecule has 0 bridgehead atoms. The Labute approximate surface area is 127 Å². The average Bonchev–Trinajstić information content (AvgIpc) is 2.89. The lowest BCUT2D eigenvalue weighted by atomic mass is 10.2. The van der Waals surface area contributed by atoms with Crippen LogP contribution in [0.4, 0.5) is 5.69 Å². The van der Waals surface area contributed by atoms with E-state index in [1.54, 1.807) is 29.1 Å². The quantitative estimate of drug-likeness (QED) is 0.799. The molecule has 3 aromatic heterocycles. The number of hydrogen-bond acceptors (Lipinski definition) is 5. The Kier molecular flexibility index (Phi) is 3.46. The normalized spacial score (nSPS) is 10.7. The predicted octanol–water partition coefficient (Wildman–Crippen LogP) is 1.93. The van der Waals surface area contributed by atoms with Gasteiger partial charge in [0.15, 0.2) is 5.65 Å². The third-order valence-corrected chi connectivity index (χ3v) is 3.25. The summed E-state index contributed by atoms with van der Waals surface area (Å²) in [6.45, 7) is 1.85. The number of nitrogens with one attached hydrogen (secondary N) is 1. The zero-order valence-electron chi connectivity index (χ0n) is 12.5. The van der Waals surface area contributed by atoms with Gasteiger partial charge >= 0.3 is 0 Å². The average molecular weight is 297 g/mol. The number of ether oxygens (including phenoxy) is 1. The maximum Gasteiger partial charge on any atom is 0.257 e. The van der Waals surface area contributed by atoms with Crippen molar-refractivity contribution in [1.82, 2.24) is 19.5 Å². The first-order valence-corrected chi connectivity index (χ1v) is 6.68. The Morgan fingerprint density at radius 1 is 1.32 bits per heavy atom. The molecule has 7 heteroatoms. The van der Waals surface area contributed by atoms with Crippen LogP contribution in [0.15, 0.2) is 30.7 Å². The smallest absolute Gasteiger partial charge is 0.257 e. The van der Waals surface area contributed by atoms with Gasteiger partial charge in [-0.15, -0.1) is 0 Å². The van der Waals surface area contributed by atoms with Crippen molar-refractivity contribution >= 4 is 22.8 Å². The van der Waals surface area contributed by atoms with Gasteiger partial charge in [-0.3, -0.25) is 4.79 Å². The van der Waals surface area contributed by atoms with E-state index in [1.165, 1.54) is 13.3 Å². The molecule has 0 atom stereocenters. The number of rotatable bonds is 3. The lowest BCUT2D eigenvalue weighted by Gasteiger charge is -2.09. The number of nitrogens with zero attached hydrogens (tertiary/aromatic N) is 4. The van der Waals surface area contributed by atoms with Crippen LogP contribution in [-0.2, 0) is 7.05 Å². The third-order valence-electron chi connectivity index (χ3n) is 3.25. The number of anilines is 1. The summed E-state index contributed by atoms with van der Waals surface area (Å²) in [4.78, 5) is 25.0. The van der Waals surface area contributed by atoms with E-state index in [9.17, 15) is 4.79 Å². The zero-order valence-corrected chi connectivity index (χ0v) is 12.5. The van der Waals surface area contributed by atoms with Crippen LogP contribution < -0.4 is 10.1 Å². The van der Waals surface area contributed by atoms with Gasteiger partial charge in [-0.05, 0) is 25.1 Å². The van der Waals surface area contributed by atoms with Crippen LogP contribution in [-0.4, -0.2) is 32.5 Å². The van der Waals surface area contributed by atoms with Crippen molar-refractivity contribution in [2.75, 3.05) is 12.4 Å². The summed E-state index contributed by atoms with van der Waals surface area (Å²) >= 11 is 0. The fourth-order valence-electron chi connectivity index (χ4n) is 2.12. The molecule has 0 fully saturated rings.